The molecule has 0 unspecified atom stereocenters. The number of fused-ring (bicyclic) bond motifs is 1. The van der Waals surface area contributed by atoms with Crippen molar-refractivity contribution in [3.05, 3.63) is 22.0 Å². The minimum Gasteiger partial charge on any atom is -0.337 e. The van der Waals surface area contributed by atoms with E-state index in [1.165, 1.54) is 25.7 Å². The van der Waals surface area contributed by atoms with Gasteiger partial charge in [0.1, 0.15) is 6.20 Å². The summed E-state index contributed by atoms with van der Waals surface area (Å²) in [5, 5.41) is 16.9. The molecule has 1 saturated carbocycles. The first kappa shape index (κ1) is 12.1. The largest absolute Gasteiger partial charge is 0.337 e. The average molecular weight is 264 g/mol. The van der Waals surface area contributed by atoms with Crippen LogP contribution in [-0.4, -0.2) is 39.0 Å². The van der Waals surface area contributed by atoms with Gasteiger partial charge < -0.3 is 4.90 Å². The third kappa shape index (κ3) is 2.09. The molecule has 1 N–H and O–H groups in total. The summed E-state index contributed by atoms with van der Waals surface area (Å²) in [6.45, 7) is 1.44. The number of amides is 1. The monoisotopic (exact) mass is 264 g/mol. The molecule has 0 spiro atoms. The van der Waals surface area contributed by atoms with E-state index in [2.05, 4.69) is 10.2 Å². The Morgan fingerprint density at radius 2 is 2.00 bits per heavy atom. The number of nitrogens with zero attached hydrogens (tertiary/aromatic N) is 3. The maximum absolute atomic E-state index is 12.3. The number of nitrogens with one attached hydrogen (secondary N) is 1. The second kappa shape index (κ2) is 4.64. The van der Waals surface area contributed by atoms with Gasteiger partial charge >= 0.3 is 5.69 Å². The van der Waals surface area contributed by atoms with E-state index < -0.39 is 4.92 Å². The summed E-state index contributed by atoms with van der Waals surface area (Å²) >= 11 is 0. The molecule has 1 aliphatic heterocycles. The molecule has 0 radical (unpaired) electrons. The van der Waals surface area contributed by atoms with Crippen molar-refractivity contribution in [3.63, 3.8) is 0 Å². The summed E-state index contributed by atoms with van der Waals surface area (Å²) in [4.78, 5) is 24.3. The van der Waals surface area contributed by atoms with Crippen molar-refractivity contribution in [2.75, 3.05) is 13.1 Å². The third-order valence-corrected chi connectivity index (χ3v) is 4.29. The molecule has 2 aliphatic rings. The Balaban J connectivity index is 1.77. The van der Waals surface area contributed by atoms with Crippen molar-refractivity contribution < 1.29 is 9.72 Å². The predicted octanol–water partition coefficient (Wildman–Crippen LogP) is 1.58. The van der Waals surface area contributed by atoms with Crippen molar-refractivity contribution in [3.8, 4) is 0 Å². The van der Waals surface area contributed by atoms with Crippen LogP contribution < -0.4 is 0 Å². The predicted molar refractivity (Wildman–Crippen MR) is 66.6 cm³/mol. The quantitative estimate of drug-likeness (QED) is 0.648. The molecule has 2 atom stereocenters. The number of nitro groups is 1. The molecule has 1 aliphatic carbocycles. The molecule has 7 nitrogen and oxygen atoms in total. The van der Waals surface area contributed by atoms with Gasteiger partial charge in [-0.15, -0.1) is 0 Å². The lowest BCUT2D eigenvalue weighted by molar-refractivity contribution is -0.385. The summed E-state index contributed by atoms with van der Waals surface area (Å²) in [5.41, 5.74) is -0.233. The highest BCUT2D eigenvalue weighted by Crippen LogP contribution is 2.36. The normalized spacial score (nSPS) is 26.2. The van der Waals surface area contributed by atoms with Gasteiger partial charge in [0.2, 0.25) is 5.69 Å². The standard InChI is InChI=1S/C12H16N4O3/c17-12(11-10(16(18)19)5-13-14-11)15-6-8-3-1-2-4-9(8)7-15/h5,8-9H,1-4,6-7H2,(H,13,14)/t8-,9-/m1/s1. The van der Waals surface area contributed by atoms with E-state index in [4.69, 9.17) is 0 Å². The lowest BCUT2D eigenvalue weighted by Gasteiger charge is -2.22. The summed E-state index contributed by atoms with van der Waals surface area (Å²) < 4.78 is 0. The zero-order chi connectivity index (χ0) is 13.4. The first-order valence-electron chi connectivity index (χ1n) is 6.64. The number of carbonyl (C=O) groups excluding carboxylic acids is 1. The summed E-state index contributed by atoms with van der Waals surface area (Å²) in [6, 6.07) is 0. The summed E-state index contributed by atoms with van der Waals surface area (Å²) in [7, 11) is 0. The van der Waals surface area contributed by atoms with Crippen molar-refractivity contribution in [1.82, 2.24) is 15.1 Å². The highest BCUT2D eigenvalue weighted by molar-refractivity contribution is 5.96. The van der Waals surface area contributed by atoms with Crippen LogP contribution in [0, 0.1) is 22.0 Å². The molecule has 2 heterocycles. The number of likely N-dealkylation sites (tertiary alicyclic amines) is 1. The molecule has 0 aromatic carbocycles. The van der Waals surface area contributed by atoms with Gasteiger partial charge in [0.05, 0.1) is 4.92 Å². The Labute approximate surface area is 110 Å². The molecule has 0 bridgehead atoms. The van der Waals surface area contributed by atoms with E-state index in [0.29, 0.717) is 11.8 Å². The first-order valence-corrected chi connectivity index (χ1v) is 6.64. The van der Waals surface area contributed by atoms with Gasteiger partial charge in [-0.25, -0.2) is 0 Å². The van der Waals surface area contributed by atoms with E-state index in [1.807, 2.05) is 0 Å². The topological polar surface area (TPSA) is 92.1 Å². The van der Waals surface area contributed by atoms with Crippen molar-refractivity contribution in [2.45, 2.75) is 25.7 Å². The Morgan fingerprint density at radius 1 is 1.37 bits per heavy atom. The fourth-order valence-electron chi connectivity index (χ4n) is 3.31. The number of rotatable bonds is 2. The van der Waals surface area contributed by atoms with Crippen molar-refractivity contribution in [1.29, 1.82) is 0 Å². The van der Waals surface area contributed by atoms with Crippen LogP contribution in [-0.2, 0) is 0 Å². The molecule has 7 heteroatoms. The number of aromatic amines is 1. The van der Waals surface area contributed by atoms with Gasteiger partial charge in [-0.2, -0.15) is 5.10 Å². The SMILES string of the molecule is O=C(c1[nH]ncc1[N+](=O)[O-])N1C[C@H]2CCCC[C@@H]2C1. The lowest BCUT2D eigenvalue weighted by atomic mass is 9.82. The molecular formula is C12H16N4O3. The zero-order valence-corrected chi connectivity index (χ0v) is 10.5. The van der Waals surface area contributed by atoms with Crippen LogP contribution >= 0.6 is 0 Å². The number of hydrogen-bond acceptors (Lipinski definition) is 4. The molecule has 1 saturated heterocycles. The van der Waals surface area contributed by atoms with Gasteiger partial charge in [-0.3, -0.25) is 20.0 Å². The molecule has 2 fully saturated rings. The van der Waals surface area contributed by atoms with Crippen LogP contribution in [0.15, 0.2) is 6.20 Å². The summed E-state index contributed by atoms with van der Waals surface area (Å²) in [5.74, 6) is 0.845. The highest BCUT2D eigenvalue weighted by Gasteiger charge is 2.38. The summed E-state index contributed by atoms with van der Waals surface area (Å²) in [6.07, 6.45) is 5.89. The second-order valence-electron chi connectivity index (χ2n) is 5.40. The lowest BCUT2D eigenvalue weighted by Crippen LogP contribution is -2.29. The average Bonchev–Trinajstić information content (AvgIpc) is 3.04. The van der Waals surface area contributed by atoms with Gasteiger partial charge in [-0.05, 0) is 24.7 Å². The number of hydrogen-bond donors (Lipinski definition) is 1. The molecule has 102 valence electrons. The number of H-pyrrole nitrogens is 1. The van der Waals surface area contributed by atoms with Crippen LogP contribution in [0.1, 0.15) is 36.2 Å². The van der Waals surface area contributed by atoms with Gasteiger partial charge in [0.15, 0.2) is 0 Å². The third-order valence-electron chi connectivity index (χ3n) is 4.29. The number of carbonyl (C=O) groups is 1. The molecule has 1 amide bonds. The van der Waals surface area contributed by atoms with E-state index >= 15 is 0 Å². The first-order chi connectivity index (χ1) is 9.16. The minimum absolute atomic E-state index is 0.00338. The zero-order valence-electron chi connectivity index (χ0n) is 10.5. The second-order valence-corrected chi connectivity index (χ2v) is 5.40. The Kier molecular flexibility index (Phi) is 2.96. The van der Waals surface area contributed by atoms with Crippen molar-refractivity contribution in [2.24, 2.45) is 11.8 Å². The highest BCUT2D eigenvalue weighted by atomic mass is 16.6. The van der Waals surface area contributed by atoms with Crippen LogP contribution in [0.25, 0.3) is 0 Å². The molecular weight excluding hydrogens is 248 g/mol. The maximum atomic E-state index is 12.3. The van der Waals surface area contributed by atoms with Gasteiger partial charge in [-0.1, -0.05) is 12.8 Å². The molecule has 1 aromatic heterocycles. The minimum atomic E-state index is -0.570. The Morgan fingerprint density at radius 3 is 2.58 bits per heavy atom. The van der Waals surface area contributed by atoms with E-state index in [9.17, 15) is 14.9 Å². The van der Waals surface area contributed by atoms with E-state index in [-0.39, 0.29) is 17.3 Å². The van der Waals surface area contributed by atoms with Crippen LogP contribution in [0.2, 0.25) is 0 Å². The number of aromatic nitrogens is 2. The van der Waals surface area contributed by atoms with Gasteiger partial charge in [0.25, 0.3) is 5.91 Å². The fourth-order valence-corrected chi connectivity index (χ4v) is 3.31. The van der Waals surface area contributed by atoms with E-state index in [1.54, 1.807) is 4.90 Å². The fraction of sp³-hybridized carbons (Fsp3) is 0.667. The molecule has 19 heavy (non-hydrogen) atoms. The van der Waals surface area contributed by atoms with Crippen LogP contribution in [0.5, 0.6) is 0 Å². The van der Waals surface area contributed by atoms with Crippen molar-refractivity contribution >= 4 is 11.6 Å². The Hall–Kier alpha value is -1.92. The molecule has 1 aromatic rings. The van der Waals surface area contributed by atoms with Gasteiger partial charge in [0, 0.05) is 13.1 Å². The van der Waals surface area contributed by atoms with Crippen LogP contribution in [0.4, 0.5) is 5.69 Å². The van der Waals surface area contributed by atoms with E-state index in [0.717, 1.165) is 19.3 Å². The maximum Gasteiger partial charge on any atom is 0.319 e. The molecule has 3 rings (SSSR count). The smallest absolute Gasteiger partial charge is 0.319 e. The van der Waals surface area contributed by atoms with Crippen LogP contribution in [0.3, 0.4) is 0 Å². The Bertz CT molecular complexity index is 499.